The van der Waals surface area contributed by atoms with Crippen LogP contribution in [0.15, 0.2) is 0 Å². The summed E-state index contributed by atoms with van der Waals surface area (Å²) in [7, 11) is 0. The van der Waals surface area contributed by atoms with Gasteiger partial charge in [-0.3, -0.25) is 4.79 Å². The molecule has 2 aliphatic heterocycles. The van der Waals surface area contributed by atoms with Crippen molar-refractivity contribution in [3.05, 3.63) is 0 Å². The summed E-state index contributed by atoms with van der Waals surface area (Å²) in [5, 5.41) is 6.59. The molecular weight excluding hydrogens is 262 g/mol. The van der Waals surface area contributed by atoms with Crippen LogP contribution in [0.5, 0.6) is 0 Å². The van der Waals surface area contributed by atoms with Crippen LogP contribution in [0.2, 0.25) is 0 Å². The van der Waals surface area contributed by atoms with Gasteiger partial charge < -0.3 is 15.5 Å². The van der Waals surface area contributed by atoms with Crippen LogP contribution in [0.1, 0.15) is 45.4 Å². The van der Waals surface area contributed by atoms with Crippen molar-refractivity contribution in [3.8, 4) is 0 Å². The highest BCUT2D eigenvalue weighted by Crippen LogP contribution is 2.31. The van der Waals surface area contributed by atoms with Crippen LogP contribution >= 0.6 is 0 Å². The molecule has 2 N–H and O–H groups in total. The highest BCUT2D eigenvalue weighted by atomic mass is 16.1. The summed E-state index contributed by atoms with van der Waals surface area (Å²) in [6.07, 6.45) is 7.23. The van der Waals surface area contributed by atoms with Crippen molar-refractivity contribution in [3.63, 3.8) is 0 Å². The summed E-state index contributed by atoms with van der Waals surface area (Å²) in [6, 6.07) is 0.880. The maximum atomic E-state index is 12.1. The molecule has 3 rings (SSSR count). The Balaban J connectivity index is 1.32. The van der Waals surface area contributed by atoms with Crippen molar-refractivity contribution in [2.45, 2.75) is 51.5 Å². The van der Waals surface area contributed by atoms with Gasteiger partial charge in [0.1, 0.15) is 0 Å². The van der Waals surface area contributed by atoms with Gasteiger partial charge in [-0.05, 0) is 69.5 Å². The lowest BCUT2D eigenvalue weighted by molar-refractivity contribution is -0.122. The number of piperidine rings is 1. The number of likely N-dealkylation sites (tertiary alicyclic amines) is 1. The minimum absolute atomic E-state index is 0.269. The molecule has 21 heavy (non-hydrogen) atoms. The summed E-state index contributed by atoms with van der Waals surface area (Å²) < 4.78 is 0. The summed E-state index contributed by atoms with van der Waals surface area (Å²) >= 11 is 0. The molecule has 1 saturated carbocycles. The maximum absolute atomic E-state index is 12.1. The van der Waals surface area contributed by atoms with Gasteiger partial charge in [-0.15, -0.1) is 0 Å². The van der Waals surface area contributed by atoms with E-state index in [4.69, 9.17) is 0 Å². The van der Waals surface area contributed by atoms with E-state index in [1.807, 2.05) is 0 Å². The van der Waals surface area contributed by atoms with Crippen LogP contribution in [-0.2, 0) is 4.79 Å². The number of nitrogens with one attached hydrogen (secondary N) is 2. The predicted octanol–water partition coefficient (Wildman–Crippen LogP) is 1.61. The molecule has 2 unspecified atom stereocenters. The summed E-state index contributed by atoms with van der Waals surface area (Å²) in [4.78, 5) is 14.8. The zero-order valence-corrected chi connectivity index (χ0v) is 13.4. The van der Waals surface area contributed by atoms with E-state index < -0.39 is 0 Å². The molecule has 1 amide bonds. The number of hydrogen-bond acceptors (Lipinski definition) is 3. The lowest BCUT2D eigenvalue weighted by Gasteiger charge is -2.28. The minimum atomic E-state index is 0.269. The number of nitrogens with zero attached hydrogens (tertiary/aromatic N) is 1. The van der Waals surface area contributed by atoms with Crippen molar-refractivity contribution >= 4 is 5.91 Å². The van der Waals surface area contributed by atoms with Crippen LogP contribution in [0, 0.1) is 17.8 Å². The lowest BCUT2D eigenvalue weighted by atomic mass is 9.84. The molecule has 3 fully saturated rings. The molecule has 0 bridgehead atoms. The van der Waals surface area contributed by atoms with Crippen LogP contribution in [0.4, 0.5) is 0 Å². The van der Waals surface area contributed by atoms with E-state index in [0.717, 1.165) is 31.6 Å². The Bertz CT molecular complexity index is 350. The van der Waals surface area contributed by atoms with Crippen molar-refractivity contribution in [2.24, 2.45) is 17.8 Å². The maximum Gasteiger partial charge on any atom is 0.220 e. The van der Waals surface area contributed by atoms with Crippen molar-refractivity contribution in [1.29, 1.82) is 0 Å². The van der Waals surface area contributed by atoms with Gasteiger partial charge in [-0.25, -0.2) is 0 Å². The minimum Gasteiger partial charge on any atom is -0.356 e. The smallest absolute Gasteiger partial charge is 0.220 e. The number of rotatable bonds is 6. The molecule has 0 aromatic carbocycles. The second-order valence-electron chi connectivity index (χ2n) is 7.45. The van der Waals surface area contributed by atoms with E-state index in [1.165, 1.54) is 45.2 Å². The summed E-state index contributed by atoms with van der Waals surface area (Å²) in [5.41, 5.74) is 0. The summed E-state index contributed by atoms with van der Waals surface area (Å²) in [6.45, 7) is 7.83. The fourth-order valence-corrected chi connectivity index (χ4v) is 4.00. The van der Waals surface area contributed by atoms with E-state index in [2.05, 4.69) is 22.5 Å². The van der Waals surface area contributed by atoms with E-state index >= 15 is 0 Å². The molecule has 2 atom stereocenters. The largest absolute Gasteiger partial charge is 0.356 e. The molecule has 4 heteroatoms. The molecule has 0 aromatic rings. The van der Waals surface area contributed by atoms with Crippen LogP contribution < -0.4 is 10.6 Å². The van der Waals surface area contributed by atoms with E-state index in [1.54, 1.807) is 0 Å². The predicted molar refractivity (Wildman–Crippen MR) is 85.1 cm³/mol. The lowest BCUT2D eigenvalue weighted by Crippen LogP contribution is -2.35. The molecule has 0 radical (unpaired) electrons. The SMILES string of the molecule is CC(CC(=O)NCC1CCN(C2CC2)C1)C1CCNCC1. The van der Waals surface area contributed by atoms with Crippen molar-refractivity contribution in [2.75, 3.05) is 32.7 Å². The molecule has 0 spiro atoms. The van der Waals surface area contributed by atoms with Crippen molar-refractivity contribution in [1.82, 2.24) is 15.5 Å². The average molecular weight is 293 g/mol. The topological polar surface area (TPSA) is 44.4 Å². The van der Waals surface area contributed by atoms with E-state index in [-0.39, 0.29) is 5.91 Å². The molecule has 3 aliphatic rings. The van der Waals surface area contributed by atoms with Gasteiger partial charge in [0.2, 0.25) is 5.91 Å². The second kappa shape index (κ2) is 7.10. The first-order valence-electron chi connectivity index (χ1n) is 8.94. The highest BCUT2D eigenvalue weighted by molar-refractivity contribution is 5.76. The Labute approximate surface area is 129 Å². The van der Waals surface area contributed by atoms with Gasteiger partial charge >= 0.3 is 0 Å². The Morgan fingerprint density at radius 1 is 1.24 bits per heavy atom. The standard InChI is InChI=1S/C17H31N3O/c1-13(15-4-7-18-8-5-15)10-17(21)19-11-14-6-9-20(12-14)16-2-3-16/h13-16,18H,2-12H2,1H3,(H,19,21). The van der Waals surface area contributed by atoms with Crippen LogP contribution in [0.25, 0.3) is 0 Å². The molecule has 4 nitrogen and oxygen atoms in total. The monoisotopic (exact) mass is 293 g/mol. The number of carbonyl (C=O) groups excluding carboxylic acids is 1. The van der Waals surface area contributed by atoms with Gasteiger partial charge in [0.05, 0.1) is 0 Å². The molecule has 2 saturated heterocycles. The first-order valence-corrected chi connectivity index (χ1v) is 8.94. The number of carbonyl (C=O) groups is 1. The van der Waals surface area contributed by atoms with Gasteiger partial charge in [-0.1, -0.05) is 6.92 Å². The first kappa shape index (κ1) is 15.3. The van der Waals surface area contributed by atoms with Gasteiger partial charge in [0.25, 0.3) is 0 Å². The molecule has 0 aromatic heterocycles. The summed E-state index contributed by atoms with van der Waals surface area (Å²) in [5.74, 6) is 2.21. The van der Waals surface area contributed by atoms with Crippen molar-refractivity contribution < 1.29 is 4.79 Å². The number of hydrogen-bond donors (Lipinski definition) is 2. The molecular formula is C17H31N3O. The second-order valence-corrected chi connectivity index (χ2v) is 7.45. The van der Waals surface area contributed by atoms with Crippen LogP contribution in [0.3, 0.4) is 0 Å². The van der Waals surface area contributed by atoms with Gasteiger partial charge in [0.15, 0.2) is 0 Å². The third kappa shape index (κ3) is 4.43. The fraction of sp³-hybridized carbons (Fsp3) is 0.941. The van der Waals surface area contributed by atoms with Crippen LogP contribution in [-0.4, -0.2) is 49.6 Å². The Morgan fingerprint density at radius 2 is 2.00 bits per heavy atom. The average Bonchev–Trinajstić information content (AvgIpc) is 3.25. The zero-order valence-electron chi connectivity index (χ0n) is 13.4. The fourth-order valence-electron chi connectivity index (χ4n) is 4.00. The number of amides is 1. The quantitative estimate of drug-likeness (QED) is 0.782. The normalized spacial score (nSPS) is 29.5. The highest BCUT2D eigenvalue weighted by Gasteiger charge is 2.34. The first-order chi connectivity index (χ1) is 10.2. The van der Waals surface area contributed by atoms with Gasteiger partial charge in [0, 0.05) is 25.6 Å². The molecule has 2 heterocycles. The molecule has 120 valence electrons. The third-order valence-electron chi connectivity index (χ3n) is 5.66. The van der Waals surface area contributed by atoms with Gasteiger partial charge in [-0.2, -0.15) is 0 Å². The van der Waals surface area contributed by atoms with E-state index in [0.29, 0.717) is 18.3 Å². The third-order valence-corrected chi connectivity index (χ3v) is 5.66. The Morgan fingerprint density at radius 3 is 2.71 bits per heavy atom. The van der Waals surface area contributed by atoms with E-state index in [9.17, 15) is 4.79 Å². The molecule has 1 aliphatic carbocycles. The Kier molecular flexibility index (Phi) is 5.17. The zero-order chi connectivity index (χ0) is 14.7. The Hall–Kier alpha value is -0.610.